The number of aliphatic carboxylic acids is 1. The van der Waals surface area contributed by atoms with Crippen LogP contribution in [-0.2, 0) is 4.79 Å². The molecule has 82 valence electrons. The lowest BCUT2D eigenvalue weighted by molar-refractivity contribution is -0.141. The van der Waals surface area contributed by atoms with E-state index in [9.17, 15) is 4.79 Å². The molecule has 1 rings (SSSR count). The first-order valence-electron chi connectivity index (χ1n) is 5.60. The third-order valence-corrected chi connectivity index (χ3v) is 2.95. The molecule has 0 aromatic carbocycles. The van der Waals surface area contributed by atoms with Crippen molar-refractivity contribution >= 4 is 5.97 Å². The summed E-state index contributed by atoms with van der Waals surface area (Å²) in [6.07, 6.45) is 6.05. The Kier molecular flexibility index (Phi) is 4.39. The van der Waals surface area contributed by atoms with E-state index in [1.165, 1.54) is 19.3 Å². The van der Waals surface area contributed by atoms with Gasteiger partial charge in [-0.3, -0.25) is 4.79 Å². The van der Waals surface area contributed by atoms with Gasteiger partial charge in [-0.2, -0.15) is 0 Å². The van der Waals surface area contributed by atoms with Crippen LogP contribution in [0.15, 0.2) is 0 Å². The van der Waals surface area contributed by atoms with Crippen LogP contribution in [0.3, 0.4) is 0 Å². The fourth-order valence-electron chi connectivity index (χ4n) is 2.07. The minimum absolute atomic E-state index is 0.162. The van der Waals surface area contributed by atoms with Gasteiger partial charge in [0.1, 0.15) is 6.04 Å². The summed E-state index contributed by atoms with van der Waals surface area (Å²) in [5.74, 6) is -0.556. The first-order chi connectivity index (χ1) is 6.61. The summed E-state index contributed by atoms with van der Waals surface area (Å²) in [7, 11) is 0. The number of carbonyl (C=O) groups is 1. The van der Waals surface area contributed by atoms with Crippen molar-refractivity contribution in [1.29, 1.82) is 0 Å². The molecule has 1 aliphatic rings. The van der Waals surface area contributed by atoms with Crippen LogP contribution < -0.4 is 5.32 Å². The Bertz CT molecular complexity index is 186. The van der Waals surface area contributed by atoms with E-state index in [1.807, 2.05) is 13.8 Å². The first kappa shape index (κ1) is 11.5. The molecule has 0 heterocycles. The second kappa shape index (κ2) is 5.35. The summed E-state index contributed by atoms with van der Waals surface area (Å²) in [6, 6.07) is 0.0466. The van der Waals surface area contributed by atoms with Gasteiger partial charge >= 0.3 is 5.97 Å². The predicted molar refractivity (Wildman–Crippen MR) is 56.3 cm³/mol. The van der Waals surface area contributed by atoms with Gasteiger partial charge in [-0.05, 0) is 18.8 Å². The third kappa shape index (κ3) is 3.29. The number of carboxylic acids is 1. The Hall–Kier alpha value is -0.570. The second-order valence-electron chi connectivity index (χ2n) is 4.56. The van der Waals surface area contributed by atoms with E-state index in [4.69, 9.17) is 5.11 Å². The van der Waals surface area contributed by atoms with Crippen LogP contribution in [0.5, 0.6) is 0 Å². The topological polar surface area (TPSA) is 49.3 Å². The molecule has 0 saturated heterocycles. The molecule has 3 nitrogen and oxygen atoms in total. The summed E-state index contributed by atoms with van der Waals surface area (Å²) in [5, 5.41) is 12.3. The van der Waals surface area contributed by atoms with Gasteiger partial charge < -0.3 is 10.4 Å². The van der Waals surface area contributed by atoms with Crippen molar-refractivity contribution < 1.29 is 9.90 Å². The van der Waals surface area contributed by atoms with Crippen molar-refractivity contribution in [3.63, 3.8) is 0 Å². The van der Waals surface area contributed by atoms with Crippen LogP contribution >= 0.6 is 0 Å². The van der Waals surface area contributed by atoms with Crippen molar-refractivity contribution in [3.8, 4) is 0 Å². The Morgan fingerprint density at radius 1 is 1.29 bits per heavy atom. The van der Waals surface area contributed by atoms with Crippen molar-refractivity contribution in [2.45, 2.75) is 58.0 Å². The molecule has 0 amide bonds. The monoisotopic (exact) mass is 199 g/mol. The molecule has 14 heavy (non-hydrogen) atoms. The summed E-state index contributed by atoms with van der Waals surface area (Å²) < 4.78 is 0. The molecule has 0 bridgehead atoms. The van der Waals surface area contributed by atoms with Crippen molar-refractivity contribution in [2.75, 3.05) is 0 Å². The number of nitrogens with one attached hydrogen (secondary N) is 1. The number of carboxylic acid groups (broad SMARTS) is 1. The van der Waals surface area contributed by atoms with Crippen LogP contribution in [-0.4, -0.2) is 23.2 Å². The zero-order valence-corrected chi connectivity index (χ0v) is 9.12. The van der Waals surface area contributed by atoms with Crippen LogP contribution in [0.25, 0.3) is 0 Å². The molecule has 1 unspecified atom stereocenters. The fraction of sp³-hybridized carbons (Fsp3) is 0.909. The lowest BCUT2D eigenvalue weighted by atomic mass is 9.93. The number of rotatable bonds is 4. The van der Waals surface area contributed by atoms with E-state index < -0.39 is 5.97 Å². The van der Waals surface area contributed by atoms with Crippen LogP contribution in [0, 0.1) is 5.92 Å². The van der Waals surface area contributed by atoms with Gasteiger partial charge in [0.05, 0.1) is 0 Å². The molecule has 1 fully saturated rings. The highest BCUT2D eigenvalue weighted by atomic mass is 16.4. The minimum atomic E-state index is -0.717. The number of hydrogen-bond acceptors (Lipinski definition) is 2. The highest BCUT2D eigenvalue weighted by molar-refractivity contribution is 5.73. The van der Waals surface area contributed by atoms with Gasteiger partial charge in [-0.1, -0.05) is 33.1 Å². The first-order valence-corrected chi connectivity index (χ1v) is 5.60. The maximum Gasteiger partial charge on any atom is 0.320 e. The average Bonchev–Trinajstić information content (AvgIpc) is 2.15. The molecule has 3 heteroatoms. The number of hydrogen-bond donors (Lipinski definition) is 2. The van der Waals surface area contributed by atoms with Crippen molar-refractivity contribution in [3.05, 3.63) is 0 Å². The molecular formula is C11H21NO2. The quantitative estimate of drug-likeness (QED) is 0.728. The van der Waals surface area contributed by atoms with Gasteiger partial charge in [0.25, 0.3) is 0 Å². The van der Waals surface area contributed by atoms with E-state index in [1.54, 1.807) is 0 Å². The Morgan fingerprint density at radius 3 is 2.29 bits per heavy atom. The van der Waals surface area contributed by atoms with Gasteiger partial charge in [0.15, 0.2) is 0 Å². The summed E-state index contributed by atoms with van der Waals surface area (Å²) in [4.78, 5) is 11.0. The lowest BCUT2D eigenvalue weighted by Crippen LogP contribution is -2.47. The zero-order chi connectivity index (χ0) is 10.6. The molecule has 1 atom stereocenters. The zero-order valence-electron chi connectivity index (χ0n) is 9.12. The van der Waals surface area contributed by atoms with Crippen molar-refractivity contribution in [2.24, 2.45) is 5.92 Å². The van der Waals surface area contributed by atoms with Gasteiger partial charge in [-0.15, -0.1) is 0 Å². The second-order valence-corrected chi connectivity index (χ2v) is 4.56. The maximum atomic E-state index is 11.0. The summed E-state index contributed by atoms with van der Waals surface area (Å²) >= 11 is 0. The molecule has 2 N–H and O–H groups in total. The van der Waals surface area contributed by atoms with Crippen molar-refractivity contribution in [1.82, 2.24) is 5.32 Å². The highest BCUT2D eigenvalue weighted by Crippen LogP contribution is 2.18. The Balaban J connectivity index is 2.41. The van der Waals surface area contributed by atoms with Gasteiger partial charge in [0, 0.05) is 6.04 Å². The summed E-state index contributed by atoms with van der Waals surface area (Å²) in [5.41, 5.74) is 0. The SMILES string of the molecule is CC(C)C(NC1CCCCC1)C(=O)O. The lowest BCUT2D eigenvalue weighted by Gasteiger charge is -2.28. The fourth-order valence-corrected chi connectivity index (χ4v) is 2.07. The van der Waals surface area contributed by atoms with Gasteiger partial charge in [-0.25, -0.2) is 0 Å². The molecular weight excluding hydrogens is 178 g/mol. The molecule has 1 saturated carbocycles. The molecule has 0 aliphatic heterocycles. The van der Waals surface area contributed by atoms with E-state index >= 15 is 0 Å². The normalized spacial score (nSPS) is 21.1. The van der Waals surface area contributed by atoms with E-state index in [0.29, 0.717) is 6.04 Å². The highest BCUT2D eigenvalue weighted by Gasteiger charge is 2.25. The molecule has 1 aliphatic carbocycles. The summed E-state index contributed by atoms with van der Waals surface area (Å²) in [6.45, 7) is 3.91. The minimum Gasteiger partial charge on any atom is -0.480 e. The van der Waals surface area contributed by atoms with E-state index in [-0.39, 0.29) is 12.0 Å². The van der Waals surface area contributed by atoms with Crippen LogP contribution in [0.4, 0.5) is 0 Å². The van der Waals surface area contributed by atoms with E-state index in [2.05, 4.69) is 5.32 Å². The molecule has 0 aromatic rings. The van der Waals surface area contributed by atoms with Crippen LogP contribution in [0.1, 0.15) is 46.0 Å². The largest absolute Gasteiger partial charge is 0.480 e. The predicted octanol–water partition coefficient (Wildman–Crippen LogP) is 2.02. The van der Waals surface area contributed by atoms with E-state index in [0.717, 1.165) is 12.8 Å². The van der Waals surface area contributed by atoms with Gasteiger partial charge in [0.2, 0.25) is 0 Å². The molecule has 0 radical (unpaired) electrons. The van der Waals surface area contributed by atoms with Crippen LogP contribution in [0.2, 0.25) is 0 Å². The third-order valence-electron chi connectivity index (χ3n) is 2.95. The standard InChI is InChI=1S/C11H21NO2/c1-8(2)10(11(13)14)12-9-6-4-3-5-7-9/h8-10,12H,3-7H2,1-2H3,(H,13,14). The average molecular weight is 199 g/mol. The molecule has 0 aromatic heterocycles. The Morgan fingerprint density at radius 2 is 1.86 bits per heavy atom. The Labute approximate surface area is 85.9 Å². The molecule has 0 spiro atoms. The maximum absolute atomic E-state index is 11.0. The smallest absolute Gasteiger partial charge is 0.320 e.